The molecule has 0 aliphatic rings. The molecule has 0 saturated carbocycles. The molecule has 0 aliphatic carbocycles. The number of nitrogens with two attached hydrogens (primary N) is 1. The largest absolute Gasteiger partial charge is 0.497 e. The zero-order chi connectivity index (χ0) is 9.26. The van der Waals surface area contributed by atoms with E-state index in [0.717, 1.165) is 16.5 Å². The van der Waals surface area contributed by atoms with Gasteiger partial charge in [-0.15, -0.1) is 0 Å². The summed E-state index contributed by atoms with van der Waals surface area (Å²) in [5.74, 6) is 0.811. The Bertz CT molecular complexity index is 440. The molecule has 2 N–H and O–H groups in total. The summed E-state index contributed by atoms with van der Waals surface area (Å²) in [4.78, 5) is 4.00. The number of methoxy groups -OCH3 is 1. The van der Waals surface area contributed by atoms with Gasteiger partial charge < -0.3 is 10.5 Å². The minimum Gasteiger partial charge on any atom is -0.497 e. The van der Waals surface area contributed by atoms with Gasteiger partial charge in [0.2, 0.25) is 0 Å². The van der Waals surface area contributed by atoms with Crippen LogP contribution in [0, 0.1) is 0 Å². The van der Waals surface area contributed by atoms with Gasteiger partial charge in [-0.25, -0.2) is 0 Å². The van der Waals surface area contributed by atoms with Crippen molar-refractivity contribution < 1.29 is 4.74 Å². The van der Waals surface area contributed by atoms with E-state index in [1.807, 2.05) is 18.2 Å². The second kappa shape index (κ2) is 2.94. The first-order valence-corrected chi connectivity index (χ1v) is 3.98. The van der Waals surface area contributed by atoms with Crippen LogP contribution in [0.4, 0.5) is 5.69 Å². The zero-order valence-corrected chi connectivity index (χ0v) is 7.32. The van der Waals surface area contributed by atoms with Gasteiger partial charge in [0.25, 0.3) is 0 Å². The highest BCUT2D eigenvalue weighted by Gasteiger charge is 1.99. The fourth-order valence-electron chi connectivity index (χ4n) is 1.29. The summed E-state index contributed by atoms with van der Waals surface area (Å²) in [5, 5.41) is 2.01. The number of hydrogen-bond acceptors (Lipinski definition) is 3. The van der Waals surface area contributed by atoms with Gasteiger partial charge in [-0.05, 0) is 18.2 Å². The van der Waals surface area contributed by atoms with Crippen molar-refractivity contribution in [1.82, 2.24) is 4.98 Å². The van der Waals surface area contributed by atoms with Crippen molar-refractivity contribution in [2.24, 2.45) is 0 Å². The number of aromatic nitrogens is 1. The summed E-state index contributed by atoms with van der Waals surface area (Å²) in [6.07, 6.45) is 3.42. The third-order valence-corrected chi connectivity index (χ3v) is 2.00. The van der Waals surface area contributed by atoms with E-state index >= 15 is 0 Å². The van der Waals surface area contributed by atoms with Crippen LogP contribution >= 0.6 is 0 Å². The van der Waals surface area contributed by atoms with Crippen molar-refractivity contribution in [3.8, 4) is 5.75 Å². The van der Waals surface area contributed by atoms with Gasteiger partial charge in [0, 0.05) is 17.0 Å². The first kappa shape index (κ1) is 7.86. The molecule has 0 atom stereocenters. The third-order valence-electron chi connectivity index (χ3n) is 2.00. The van der Waals surface area contributed by atoms with Gasteiger partial charge in [0.15, 0.2) is 0 Å². The molecule has 0 radical (unpaired) electrons. The fourth-order valence-corrected chi connectivity index (χ4v) is 1.29. The SMILES string of the molecule is COc1ccc2cncc(N)c2c1. The smallest absolute Gasteiger partial charge is 0.119 e. The van der Waals surface area contributed by atoms with E-state index in [4.69, 9.17) is 10.5 Å². The number of rotatable bonds is 1. The second-order valence-electron chi connectivity index (χ2n) is 2.82. The third kappa shape index (κ3) is 1.28. The molecule has 0 amide bonds. The summed E-state index contributed by atoms with van der Waals surface area (Å²) in [5.41, 5.74) is 6.44. The maximum atomic E-state index is 5.76. The van der Waals surface area contributed by atoms with Crippen LogP contribution < -0.4 is 10.5 Å². The van der Waals surface area contributed by atoms with Crippen LogP contribution in [-0.4, -0.2) is 12.1 Å². The summed E-state index contributed by atoms with van der Waals surface area (Å²) < 4.78 is 5.10. The maximum absolute atomic E-state index is 5.76. The number of hydrogen-bond donors (Lipinski definition) is 1. The van der Waals surface area contributed by atoms with E-state index in [1.165, 1.54) is 0 Å². The number of ether oxygens (including phenoxy) is 1. The lowest BCUT2D eigenvalue weighted by atomic mass is 10.1. The molecule has 3 heteroatoms. The van der Waals surface area contributed by atoms with Crippen molar-refractivity contribution >= 4 is 16.5 Å². The molecule has 1 heterocycles. The standard InChI is InChI=1S/C10H10N2O/c1-13-8-3-2-7-5-12-6-10(11)9(7)4-8/h2-6H,11H2,1H3. The number of anilines is 1. The van der Waals surface area contributed by atoms with Gasteiger partial charge in [-0.1, -0.05) is 0 Å². The molecular formula is C10H10N2O. The van der Waals surface area contributed by atoms with Crippen LogP contribution in [-0.2, 0) is 0 Å². The summed E-state index contributed by atoms with van der Waals surface area (Å²) >= 11 is 0. The number of fused-ring (bicyclic) bond motifs is 1. The van der Waals surface area contributed by atoms with Crippen LogP contribution in [0.25, 0.3) is 10.8 Å². The van der Waals surface area contributed by atoms with E-state index < -0.39 is 0 Å². The van der Waals surface area contributed by atoms with Gasteiger partial charge >= 0.3 is 0 Å². The van der Waals surface area contributed by atoms with Gasteiger partial charge in [-0.2, -0.15) is 0 Å². The first-order valence-electron chi connectivity index (χ1n) is 3.98. The van der Waals surface area contributed by atoms with Crippen LogP contribution in [0.3, 0.4) is 0 Å². The molecule has 66 valence electrons. The molecule has 1 aromatic heterocycles. The molecule has 0 spiro atoms. The van der Waals surface area contributed by atoms with Gasteiger partial charge in [-0.3, -0.25) is 4.98 Å². The normalized spacial score (nSPS) is 10.2. The van der Waals surface area contributed by atoms with E-state index in [2.05, 4.69) is 4.98 Å². The minimum atomic E-state index is 0.677. The molecule has 13 heavy (non-hydrogen) atoms. The molecule has 2 aromatic rings. The van der Waals surface area contributed by atoms with Gasteiger partial charge in [0.1, 0.15) is 5.75 Å². The van der Waals surface area contributed by atoms with E-state index in [1.54, 1.807) is 19.5 Å². The number of nitrogens with zero attached hydrogens (tertiary/aromatic N) is 1. The maximum Gasteiger partial charge on any atom is 0.119 e. The Morgan fingerprint density at radius 2 is 2.15 bits per heavy atom. The molecule has 2 rings (SSSR count). The van der Waals surface area contributed by atoms with Crippen LogP contribution in [0.1, 0.15) is 0 Å². The molecule has 0 saturated heterocycles. The lowest BCUT2D eigenvalue weighted by Gasteiger charge is -2.03. The van der Waals surface area contributed by atoms with Crippen LogP contribution in [0.2, 0.25) is 0 Å². The van der Waals surface area contributed by atoms with E-state index in [0.29, 0.717) is 5.69 Å². The molecular weight excluding hydrogens is 164 g/mol. The summed E-state index contributed by atoms with van der Waals surface area (Å²) in [6.45, 7) is 0. The number of benzene rings is 1. The average molecular weight is 174 g/mol. The highest BCUT2D eigenvalue weighted by atomic mass is 16.5. The first-order chi connectivity index (χ1) is 6.31. The Balaban J connectivity index is 2.74. The number of pyridine rings is 1. The van der Waals surface area contributed by atoms with Crippen LogP contribution in [0.5, 0.6) is 5.75 Å². The average Bonchev–Trinajstić information content (AvgIpc) is 2.18. The van der Waals surface area contributed by atoms with Crippen molar-refractivity contribution in [3.05, 3.63) is 30.6 Å². The molecule has 3 nitrogen and oxygen atoms in total. The molecule has 0 aliphatic heterocycles. The quantitative estimate of drug-likeness (QED) is 0.717. The van der Waals surface area contributed by atoms with Gasteiger partial charge in [0.05, 0.1) is 19.0 Å². The summed E-state index contributed by atoms with van der Waals surface area (Å²) in [6, 6.07) is 5.74. The predicted octanol–water partition coefficient (Wildman–Crippen LogP) is 1.83. The monoisotopic (exact) mass is 174 g/mol. The topological polar surface area (TPSA) is 48.1 Å². The Morgan fingerprint density at radius 3 is 2.92 bits per heavy atom. The minimum absolute atomic E-state index is 0.677. The Hall–Kier alpha value is -1.77. The lowest BCUT2D eigenvalue weighted by molar-refractivity contribution is 0.415. The molecule has 0 fully saturated rings. The van der Waals surface area contributed by atoms with Crippen molar-refractivity contribution in [2.75, 3.05) is 12.8 Å². The molecule has 0 unspecified atom stereocenters. The highest BCUT2D eigenvalue weighted by molar-refractivity contribution is 5.92. The fraction of sp³-hybridized carbons (Fsp3) is 0.100. The number of nitrogen functional groups attached to an aromatic ring is 1. The van der Waals surface area contributed by atoms with E-state index in [9.17, 15) is 0 Å². The lowest BCUT2D eigenvalue weighted by Crippen LogP contribution is -1.89. The highest BCUT2D eigenvalue weighted by Crippen LogP contribution is 2.23. The summed E-state index contributed by atoms with van der Waals surface area (Å²) in [7, 11) is 1.64. The predicted molar refractivity (Wildman–Crippen MR) is 52.7 cm³/mol. The van der Waals surface area contributed by atoms with Crippen molar-refractivity contribution in [2.45, 2.75) is 0 Å². The molecule has 1 aromatic carbocycles. The van der Waals surface area contributed by atoms with Crippen molar-refractivity contribution in [3.63, 3.8) is 0 Å². The zero-order valence-electron chi connectivity index (χ0n) is 7.32. The Labute approximate surface area is 76.2 Å². The molecule has 0 bridgehead atoms. The second-order valence-corrected chi connectivity index (χ2v) is 2.82. The van der Waals surface area contributed by atoms with Crippen LogP contribution in [0.15, 0.2) is 30.6 Å². The Kier molecular flexibility index (Phi) is 1.77. The van der Waals surface area contributed by atoms with Crippen molar-refractivity contribution in [1.29, 1.82) is 0 Å². The Morgan fingerprint density at radius 1 is 1.31 bits per heavy atom. The van der Waals surface area contributed by atoms with E-state index in [-0.39, 0.29) is 0 Å².